The number of aliphatic hydroxyl groups is 1. The highest BCUT2D eigenvalue weighted by Crippen LogP contribution is 2.33. The van der Waals surface area contributed by atoms with Gasteiger partial charge in [0.25, 0.3) is 5.91 Å². The molecule has 2 saturated heterocycles. The number of benzene rings is 1. The highest BCUT2D eigenvalue weighted by atomic mass is 35.5. The molecule has 0 aliphatic carbocycles. The van der Waals surface area contributed by atoms with Gasteiger partial charge < -0.3 is 14.9 Å². The van der Waals surface area contributed by atoms with Crippen LogP contribution in [0.1, 0.15) is 16.2 Å². The highest BCUT2D eigenvalue weighted by molar-refractivity contribution is 6.30. The van der Waals surface area contributed by atoms with Gasteiger partial charge in [0.15, 0.2) is 0 Å². The molecule has 0 saturated carbocycles. The van der Waals surface area contributed by atoms with E-state index >= 15 is 0 Å². The molecule has 2 aliphatic rings. The number of hydrogen-bond donors (Lipinski definition) is 1. The molecule has 0 bridgehead atoms. The lowest BCUT2D eigenvalue weighted by molar-refractivity contribution is -0.144. The van der Waals surface area contributed by atoms with Crippen LogP contribution < -0.4 is 4.90 Å². The summed E-state index contributed by atoms with van der Waals surface area (Å²) in [4.78, 5) is 29.6. The van der Waals surface area contributed by atoms with Gasteiger partial charge >= 0.3 is 6.18 Å². The summed E-state index contributed by atoms with van der Waals surface area (Å²) in [6.45, 7) is 2.47. The molecule has 35 heavy (non-hydrogen) atoms. The summed E-state index contributed by atoms with van der Waals surface area (Å²) in [6, 6.07) is 7.99. The predicted molar refractivity (Wildman–Crippen MR) is 123 cm³/mol. The van der Waals surface area contributed by atoms with Gasteiger partial charge in [-0.25, -0.2) is 9.97 Å². The van der Waals surface area contributed by atoms with Crippen molar-refractivity contribution < 1.29 is 23.1 Å². The van der Waals surface area contributed by atoms with Gasteiger partial charge in [-0.05, 0) is 30.3 Å². The van der Waals surface area contributed by atoms with Crippen LogP contribution in [0.15, 0.2) is 42.7 Å². The fraction of sp³-hybridized carbons (Fsp3) is 0.391. The van der Waals surface area contributed by atoms with E-state index in [-0.39, 0.29) is 29.8 Å². The van der Waals surface area contributed by atoms with Crippen molar-refractivity contribution in [2.75, 3.05) is 44.2 Å². The van der Waals surface area contributed by atoms with Crippen molar-refractivity contribution in [2.24, 2.45) is 0 Å². The quantitative estimate of drug-likeness (QED) is 0.584. The molecule has 2 aliphatic heterocycles. The molecule has 1 amide bonds. The lowest BCUT2D eigenvalue weighted by Gasteiger charge is -2.38. The van der Waals surface area contributed by atoms with Crippen molar-refractivity contribution in [1.82, 2.24) is 24.8 Å². The second kappa shape index (κ2) is 9.21. The Morgan fingerprint density at radius 1 is 1.03 bits per heavy atom. The summed E-state index contributed by atoms with van der Waals surface area (Å²) >= 11 is 5.90. The Bertz CT molecular complexity index is 1230. The molecule has 8 nitrogen and oxygen atoms in total. The fourth-order valence-electron chi connectivity index (χ4n) is 4.66. The Morgan fingerprint density at radius 2 is 1.74 bits per heavy atom. The molecule has 1 aromatic carbocycles. The van der Waals surface area contributed by atoms with Crippen LogP contribution in [-0.2, 0) is 6.18 Å². The second-order valence-corrected chi connectivity index (χ2v) is 9.07. The first-order valence-corrected chi connectivity index (χ1v) is 11.5. The minimum Gasteiger partial charge on any atom is -0.390 e. The summed E-state index contributed by atoms with van der Waals surface area (Å²) < 4.78 is 40.2. The van der Waals surface area contributed by atoms with E-state index in [1.807, 2.05) is 0 Å². The summed E-state index contributed by atoms with van der Waals surface area (Å²) in [5, 5.41) is 11.8. The van der Waals surface area contributed by atoms with Crippen molar-refractivity contribution >= 4 is 34.2 Å². The molecule has 184 valence electrons. The van der Waals surface area contributed by atoms with Gasteiger partial charge in [0, 0.05) is 61.4 Å². The van der Waals surface area contributed by atoms with Gasteiger partial charge in [-0.15, -0.1) is 0 Å². The maximum atomic E-state index is 13.4. The van der Waals surface area contributed by atoms with Gasteiger partial charge in [0.1, 0.15) is 5.82 Å². The summed E-state index contributed by atoms with van der Waals surface area (Å²) in [5.41, 5.74) is 0.651. The normalized spacial score (nSPS) is 21.6. The molecular formula is C23H22ClF3N6O2. The Balaban J connectivity index is 1.30. The van der Waals surface area contributed by atoms with Crippen molar-refractivity contribution in [3.8, 4) is 0 Å². The fourth-order valence-corrected chi connectivity index (χ4v) is 4.79. The number of aliphatic hydroxyl groups excluding tert-OH is 1. The standard InChI is InChI=1S/C23H22ClF3N6O2/c24-15-3-1-14(2-4-15)21(35)32-9-7-31(8-10-32)18-12-33(13-19(18)34)20-16-5-6-28-11-17(16)29-22(30-20)23(25,26)27/h1-6,11,18-19,34H,7-10,12-13H2. The molecule has 0 radical (unpaired) electrons. The van der Waals surface area contributed by atoms with Crippen LogP contribution in [0.5, 0.6) is 0 Å². The van der Waals surface area contributed by atoms with E-state index in [9.17, 15) is 23.1 Å². The molecule has 2 atom stereocenters. The van der Waals surface area contributed by atoms with Crippen molar-refractivity contribution in [2.45, 2.75) is 18.3 Å². The van der Waals surface area contributed by atoms with Gasteiger partial charge in [-0.3, -0.25) is 14.7 Å². The van der Waals surface area contributed by atoms with E-state index in [1.165, 1.54) is 12.4 Å². The van der Waals surface area contributed by atoms with Gasteiger partial charge in [0.05, 0.1) is 23.9 Å². The number of pyridine rings is 1. The number of piperazine rings is 1. The van der Waals surface area contributed by atoms with Crippen molar-refractivity contribution in [1.29, 1.82) is 0 Å². The molecule has 2 unspecified atom stereocenters. The lowest BCUT2D eigenvalue weighted by atomic mass is 10.1. The minimum absolute atomic E-state index is 0.0874. The van der Waals surface area contributed by atoms with E-state index in [0.29, 0.717) is 48.7 Å². The first-order chi connectivity index (χ1) is 16.7. The third-order valence-corrected chi connectivity index (χ3v) is 6.70. The zero-order valence-electron chi connectivity index (χ0n) is 18.5. The highest BCUT2D eigenvalue weighted by Gasteiger charge is 2.40. The number of anilines is 1. The first-order valence-electron chi connectivity index (χ1n) is 11.1. The molecule has 12 heteroatoms. The average molecular weight is 507 g/mol. The Hall–Kier alpha value is -3.02. The third-order valence-electron chi connectivity index (χ3n) is 6.45. The lowest BCUT2D eigenvalue weighted by Crippen LogP contribution is -2.54. The zero-order valence-corrected chi connectivity index (χ0v) is 19.2. The Kier molecular flexibility index (Phi) is 6.24. The number of rotatable bonds is 3. The van der Waals surface area contributed by atoms with Gasteiger partial charge in [-0.1, -0.05) is 11.6 Å². The number of alkyl halides is 3. The maximum Gasteiger partial charge on any atom is 0.451 e. The number of halogens is 4. The van der Waals surface area contributed by atoms with E-state index < -0.39 is 18.1 Å². The van der Waals surface area contributed by atoms with Crippen LogP contribution in [-0.4, -0.2) is 87.2 Å². The number of fused-ring (bicyclic) bond motifs is 1. The summed E-state index contributed by atoms with van der Waals surface area (Å²) in [5.74, 6) is -1.20. The van der Waals surface area contributed by atoms with Crippen LogP contribution in [0.25, 0.3) is 10.9 Å². The number of carbonyl (C=O) groups is 1. The van der Waals surface area contributed by atoms with E-state index in [1.54, 1.807) is 40.1 Å². The third kappa shape index (κ3) is 4.75. The molecule has 4 heterocycles. The van der Waals surface area contributed by atoms with Crippen molar-refractivity contribution in [3.63, 3.8) is 0 Å². The molecule has 5 rings (SSSR count). The van der Waals surface area contributed by atoms with E-state index in [4.69, 9.17) is 11.6 Å². The van der Waals surface area contributed by atoms with Gasteiger partial charge in [0.2, 0.25) is 5.82 Å². The van der Waals surface area contributed by atoms with Crippen molar-refractivity contribution in [3.05, 3.63) is 59.1 Å². The number of nitrogens with zero attached hydrogens (tertiary/aromatic N) is 6. The number of carbonyl (C=O) groups excluding carboxylic acids is 1. The van der Waals surface area contributed by atoms with Gasteiger partial charge in [-0.2, -0.15) is 13.2 Å². The van der Waals surface area contributed by atoms with Crippen LogP contribution in [0.2, 0.25) is 5.02 Å². The molecule has 2 aromatic heterocycles. The molecule has 2 fully saturated rings. The monoisotopic (exact) mass is 506 g/mol. The first kappa shape index (κ1) is 23.7. The largest absolute Gasteiger partial charge is 0.451 e. The van der Waals surface area contributed by atoms with Crippen LogP contribution >= 0.6 is 11.6 Å². The summed E-state index contributed by atoms with van der Waals surface area (Å²) in [7, 11) is 0. The Morgan fingerprint density at radius 3 is 2.43 bits per heavy atom. The number of hydrogen-bond acceptors (Lipinski definition) is 7. The smallest absolute Gasteiger partial charge is 0.390 e. The number of β-amino-alcohol motifs (C(OH)–C–C–N with tert-alkyl or cyclic N) is 1. The maximum absolute atomic E-state index is 13.4. The van der Waals surface area contributed by atoms with E-state index in [2.05, 4.69) is 19.9 Å². The number of aromatic nitrogens is 3. The zero-order chi connectivity index (χ0) is 24.7. The second-order valence-electron chi connectivity index (χ2n) is 8.64. The molecule has 1 N–H and O–H groups in total. The topological polar surface area (TPSA) is 85.7 Å². The number of amides is 1. The Labute approximate surface area is 204 Å². The summed E-state index contributed by atoms with van der Waals surface area (Å²) in [6.07, 6.45) is -2.74. The molecular weight excluding hydrogens is 485 g/mol. The van der Waals surface area contributed by atoms with Crippen LogP contribution in [0.4, 0.5) is 19.0 Å². The van der Waals surface area contributed by atoms with E-state index in [0.717, 1.165) is 0 Å². The average Bonchev–Trinajstić information content (AvgIpc) is 3.24. The van der Waals surface area contributed by atoms with Crippen LogP contribution in [0.3, 0.4) is 0 Å². The molecule has 3 aromatic rings. The minimum atomic E-state index is -4.70. The SMILES string of the molecule is O=C(c1ccc(Cl)cc1)N1CCN(C2CN(c3nc(C(F)(F)F)nc4cnccc34)CC2O)CC1. The predicted octanol–water partition coefficient (Wildman–Crippen LogP) is 2.70. The molecule has 0 spiro atoms. The van der Waals surface area contributed by atoms with Crippen LogP contribution in [0, 0.1) is 0 Å².